The summed E-state index contributed by atoms with van der Waals surface area (Å²) in [6.45, 7) is 3.89. The van der Waals surface area contributed by atoms with Gasteiger partial charge in [0.15, 0.2) is 0 Å². The van der Waals surface area contributed by atoms with Gasteiger partial charge < -0.3 is 0 Å². The summed E-state index contributed by atoms with van der Waals surface area (Å²) in [7, 11) is 0. The van der Waals surface area contributed by atoms with Crippen LogP contribution in [-0.2, 0) is 4.74 Å². The summed E-state index contributed by atoms with van der Waals surface area (Å²) in [4.78, 5) is 0. The van der Waals surface area contributed by atoms with Crippen molar-refractivity contribution in [2.24, 2.45) is 0 Å². The van der Waals surface area contributed by atoms with Crippen molar-refractivity contribution in [3.8, 4) is 0 Å². The summed E-state index contributed by atoms with van der Waals surface area (Å²) in [6, 6.07) is 0. The van der Waals surface area contributed by atoms with Gasteiger partial charge in [-0.3, -0.25) is 0 Å². The van der Waals surface area contributed by atoms with Crippen LogP contribution in [0.3, 0.4) is 0 Å². The second kappa shape index (κ2) is 13.5. The molecule has 2 heteroatoms. The summed E-state index contributed by atoms with van der Waals surface area (Å²) < 4.78 is 5.29. The Bertz CT molecular complexity index is 84.3. The van der Waals surface area contributed by atoms with Crippen LogP contribution in [-0.4, -0.2) is 29.5 Å². The first-order valence-corrected chi connectivity index (χ1v) is 7.01. The molecule has 0 bridgehead atoms. The third kappa shape index (κ3) is 12.5. The molecule has 0 saturated heterocycles. The van der Waals surface area contributed by atoms with Crippen molar-refractivity contribution in [3.63, 3.8) is 0 Å². The van der Waals surface area contributed by atoms with Gasteiger partial charge in [-0.25, -0.2) is 0 Å². The number of hydrogen-bond acceptors (Lipinski definition) is 1. The van der Waals surface area contributed by atoms with E-state index in [1.165, 1.54) is 56.6 Å². The number of hydrogen-bond donors (Lipinski definition) is 0. The molecule has 0 radical (unpaired) electrons. The van der Waals surface area contributed by atoms with Crippen molar-refractivity contribution in [2.75, 3.05) is 13.2 Å². The Labute approximate surface area is 98.0 Å². The zero-order valence-corrected chi connectivity index (χ0v) is 10.9. The maximum atomic E-state index is 5.29. The fraction of sp³-hybridized carbons (Fsp3) is 1.00. The third-order valence-electron chi connectivity index (χ3n) is 2.45. The average Bonchev–Trinajstić information content (AvgIpc) is 2.21. The first-order chi connectivity index (χ1) is 6.91. The molecule has 0 spiro atoms. The van der Waals surface area contributed by atoms with Crippen LogP contribution < -0.4 is 0 Å². The predicted molar refractivity (Wildman–Crippen MR) is 64.0 cm³/mol. The quantitative estimate of drug-likeness (QED) is 0.374. The van der Waals surface area contributed by atoms with E-state index in [9.17, 15) is 0 Å². The fourth-order valence-electron chi connectivity index (χ4n) is 1.55. The molecule has 0 atom stereocenters. The van der Waals surface area contributed by atoms with Gasteiger partial charge in [0.25, 0.3) is 0 Å². The molecule has 0 N–H and O–H groups in total. The van der Waals surface area contributed by atoms with Crippen molar-refractivity contribution < 1.29 is 4.74 Å². The van der Waals surface area contributed by atoms with Crippen molar-refractivity contribution in [1.82, 2.24) is 0 Å². The van der Waals surface area contributed by atoms with Gasteiger partial charge in [-0.05, 0) is 6.92 Å². The average molecular weight is 212 g/mol. The van der Waals surface area contributed by atoms with E-state index in [1.807, 2.05) is 0 Å². The molecular formula is C12H25AlO+2. The molecule has 0 fully saturated rings. The number of rotatable bonds is 11. The first kappa shape index (κ1) is 14.5. The first-order valence-electron chi connectivity index (χ1n) is 6.19. The van der Waals surface area contributed by atoms with Crippen LogP contribution >= 0.6 is 0 Å². The molecule has 0 aliphatic rings. The Hall–Kier alpha value is 0.492. The van der Waals surface area contributed by atoms with Crippen LogP contribution in [0.15, 0.2) is 0 Å². The van der Waals surface area contributed by atoms with Gasteiger partial charge in [0.2, 0.25) is 0 Å². The summed E-state index contributed by atoms with van der Waals surface area (Å²) in [5.41, 5.74) is 0. The molecule has 0 aromatic rings. The summed E-state index contributed by atoms with van der Waals surface area (Å²) in [5, 5.41) is 1.27. The molecule has 0 aromatic heterocycles. The van der Waals surface area contributed by atoms with Crippen LogP contribution in [0.4, 0.5) is 0 Å². The minimum atomic E-state index is 0.870. The topological polar surface area (TPSA) is 9.23 Å². The SMILES string of the molecule is CCOCCCCCCCCC[CH2][Al+2]. The van der Waals surface area contributed by atoms with Crippen LogP contribution in [0.5, 0.6) is 0 Å². The van der Waals surface area contributed by atoms with Crippen molar-refractivity contribution in [2.45, 2.75) is 63.6 Å². The van der Waals surface area contributed by atoms with E-state index in [-0.39, 0.29) is 0 Å². The Kier molecular flexibility index (Phi) is 14.0. The van der Waals surface area contributed by atoms with Crippen molar-refractivity contribution in [1.29, 1.82) is 0 Å². The minimum absolute atomic E-state index is 0.870. The van der Waals surface area contributed by atoms with Crippen molar-refractivity contribution in [3.05, 3.63) is 0 Å². The molecule has 0 aliphatic carbocycles. The van der Waals surface area contributed by atoms with E-state index in [2.05, 4.69) is 23.2 Å². The molecule has 0 rings (SSSR count). The van der Waals surface area contributed by atoms with E-state index in [4.69, 9.17) is 4.74 Å². The molecule has 0 aliphatic heterocycles. The monoisotopic (exact) mass is 212 g/mol. The zero-order chi connectivity index (χ0) is 10.5. The van der Waals surface area contributed by atoms with E-state index >= 15 is 0 Å². The van der Waals surface area contributed by atoms with Gasteiger partial charge in [0.1, 0.15) is 0 Å². The molecule has 0 amide bonds. The van der Waals surface area contributed by atoms with E-state index in [0.29, 0.717) is 0 Å². The van der Waals surface area contributed by atoms with Crippen LogP contribution in [0.1, 0.15) is 58.3 Å². The molecular weight excluding hydrogens is 187 g/mol. The predicted octanol–water partition coefficient (Wildman–Crippen LogP) is 3.73. The molecule has 80 valence electrons. The third-order valence-corrected chi connectivity index (χ3v) is 2.86. The van der Waals surface area contributed by atoms with Crippen LogP contribution in [0, 0.1) is 0 Å². The van der Waals surface area contributed by atoms with Crippen LogP contribution in [0.25, 0.3) is 0 Å². The van der Waals surface area contributed by atoms with Crippen molar-refractivity contribution >= 4 is 16.3 Å². The van der Waals surface area contributed by atoms with Crippen LogP contribution in [0.2, 0.25) is 5.28 Å². The molecule has 0 saturated carbocycles. The summed E-state index contributed by atoms with van der Waals surface area (Å²) in [6.07, 6.45) is 11.1. The zero-order valence-electron chi connectivity index (χ0n) is 9.76. The standard InChI is InChI=1S/C12H25O.Al/c1-3-5-6-7-8-9-10-11-12-13-4-2;/h1,3-12H2,2H3;/q;+2. The second-order valence-electron chi connectivity index (χ2n) is 3.81. The van der Waals surface area contributed by atoms with E-state index in [1.54, 1.807) is 0 Å². The Balaban J connectivity index is 2.78. The molecule has 1 nitrogen and oxygen atoms in total. The maximum absolute atomic E-state index is 5.29. The Morgan fingerprint density at radius 3 is 1.79 bits per heavy atom. The molecule has 0 heterocycles. The molecule has 14 heavy (non-hydrogen) atoms. The summed E-state index contributed by atoms with van der Waals surface area (Å²) >= 11 is 2.80. The fourth-order valence-corrected chi connectivity index (χ4v) is 1.84. The molecule has 0 aromatic carbocycles. The second-order valence-corrected chi connectivity index (χ2v) is 4.39. The van der Waals surface area contributed by atoms with Gasteiger partial charge in [0.05, 0.1) is 0 Å². The van der Waals surface area contributed by atoms with Gasteiger partial charge in [-0.15, -0.1) is 0 Å². The normalized spacial score (nSPS) is 10.8. The molecule has 0 unspecified atom stereocenters. The van der Waals surface area contributed by atoms with Gasteiger partial charge in [-0.1, -0.05) is 0 Å². The number of unbranched alkanes of at least 4 members (excludes halogenated alkanes) is 7. The van der Waals surface area contributed by atoms with E-state index < -0.39 is 0 Å². The van der Waals surface area contributed by atoms with Gasteiger partial charge >= 0.3 is 90.9 Å². The van der Waals surface area contributed by atoms with Gasteiger partial charge in [-0.2, -0.15) is 0 Å². The van der Waals surface area contributed by atoms with Gasteiger partial charge in [0, 0.05) is 0 Å². The Morgan fingerprint density at radius 2 is 1.29 bits per heavy atom. The Morgan fingerprint density at radius 1 is 0.786 bits per heavy atom. The summed E-state index contributed by atoms with van der Waals surface area (Å²) in [5.74, 6) is 0. The number of ether oxygens (including phenoxy) is 1. The van der Waals surface area contributed by atoms with E-state index in [0.717, 1.165) is 13.2 Å².